The van der Waals surface area contributed by atoms with Gasteiger partial charge in [0.1, 0.15) is 0 Å². The lowest BCUT2D eigenvalue weighted by molar-refractivity contribution is -0.132. The van der Waals surface area contributed by atoms with E-state index in [2.05, 4.69) is 69.0 Å². The molecule has 1 aliphatic heterocycles. The van der Waals surface area contributed by atoms with E-state index in [1.165, 1.54) is 57.1 Å². The van der Waals surface area contributed by atoms with Gasteiger partial charge in [-0.25, -0.2) is 0 Å². The number of rotatable bonds is 3. The molecule has 1 heterocycles. The van der Waals surface area contributed by atoms with Gasteiger partial charge in [0, 0.05) is 25.7 Å². The second-order valence-corrected chi connectivity index (χ2v) is 13.8. The van der Waals surface area contributed by atoms with Crippen LogP contribution in [0.2, 0.25) is 0 Å². The van der Waals surface area contributed by atoms with Gasteiger partial charge in [-0.2, -0.15) is 0 Å². The number of allylic oxidation sites excluding steroid dienone is 4. The summed E-state index contributed by atoms with van der Waals surface area (Å²) in [5, 5.41) is 0. The van der Waals surface area contributed by atoms with Gasteiger partial charge in [-0.15, -0.1) is 0 Å². The minimum absolute atomic E-state index is 0.300. The molecule has 3 saturated carbocycles. The standard InChI is InChI=1S/C32H48N2O/c1-21-6-8-23(9-7-21)18-30(35)34(5)25-14-16-31(3)24(19-25)10-11-26-28(31)15-17-32-20-33(4)22(2)27(32)12-13-29(26)32/h6,8-10,21-22,25-29H,7,11-20H2,1-5H3/t21?,22-,25-,26+,27+,28?,29-,31-,32-/m0/s1. The zero-order valence-electron chi connectivity index (χ0n) is 22.9. The predicted octanol–water partition coefficient (Wildman–Crippen LogP) is 6.62. The summed E-state index contributed by atoms with van der Waals surface area (Å²) in [6, 6.07) is 1.15. The molecule has 5 aliphatic carbocycles. The van der Waals surface area contributed by atoms with Gasteiger partial charge in [-0.3, -0.25) is 4.79 Å². The molecule has 6 aliphatic rings. The number of hydrogen-bond donors (Lipinski definition) is 0. The summed E-state index contributed by atoms with van der Waals surface area (Å²) < 4.78 is 0. The van der Waals surface area contributed by atoms with Crippen LogP contribution in [-0.2, 0) is 4.79 Å². The molecule has 35 heavy (non-hydrogen) atoms. The average molecular weight is 477 g/mol. The highest BCUT2D eigenvalue weighted by Crippen LogP contribution is 2.68. The van der Waals surface area contributed by atoms with Crippen LogP contribution in [0.4, 0.5) is 0 Å². The number of fused-ring (bicyclic) bond motifs is 4. The zero-order chi connectivity index (χ0) is 24.5. The molecule has 9 atom stereocenters. The third-order valence-electron chi connectivity index (χ3n) is 12.4. The van der Waals surface area contributed by atoms with E-state index in [0.717, 1.165) is 42.6 Å². The van der Waals surface area contributed by atoms with E-state index in [4.69, 9.17) is 0 Å². The first-order chi connectivity index (χ1) is 16.7. The van der Waals surface area contributed by atoms with Gasteiger partial charge in [-0.05, 0) is 118 Å². The highest BCUT2D eigenvalue weighted by molar-refractivity contribution is 5.79. The van der Waals surface area contributed by atoms with E-state index < -0.39 is 0 Å². The van der Waals surface area contributed by atoms with Crippen molar-refractivity contribution >= 4 is 5.91 Å². The van der Waals surface area contributed by atoms with Crippen molar-refractivity contribution in [2.45, 2.75) is 97.1 Å². The van der Waals surface area contributed by atoms with Gasteiger partial charge >= 0.3 is 0 Å². The third-order valence-corrected chi connectivity index (χ3v) is 12.4. The Morgan fingerprint density at radius 1 is 1.06 bits per heavy atom. The number of nitrogens with zero attached hydrogens (tertiary/aromatic N) is 2. The minimum atomic E-state index is 0.300. The maximum Gasteiger partial charge on any atom is 0.226 e. The number of amides is 1. The molecular weight excluding hydrogens is 428 g/mol. The fourth-order valence-corrected chi connectivity index (χ4v) is 10.2. The van der Waals surface area contributed by atoms with Crippen molar-refractivity contribution in [3.8, 4) is 0 Å². The second-order valence-electron chi connectivity index (χ2n) is 13.8. The lowest BCUT2D eigenvalue weighted by Crippen LogP contribution is -2.53. The van der Waals surface area contributed by atoms with E-state index in [-0.39, 0.29) is 0 Å². The van der Waals surface area contributed by atoms with Gasteiger partial charge in [0.15, 0.2) is 0 Å². The number of carbonyl (C=O) groups is 1. The first-order valence-corrected chi connectivity index (χ1v) is 14.8. The van der Waals surface area contributed by atoms with E-state index in [9.17, 15) is 4.79 Å². The molecule has 6 rings (SSSR count). The van der Waals surface area contributed by atoms with Crippen molar-refractivity contribution in [2.75, 3.05) is 20.6 Å². The quantitative estimate of drug-likeness (QED) is 0.427. The molecule has 192 valence electrons. The summed E-state index contributed by atoms with van der Waals surface area (Å²) in [7, 11) is 4.44. The maximum atomic E-state index is 13.2. The molecule has 2 unspecified atom stereocenters. The molecule has 3 nitrogen and oxygen atoms in total. The monoisotopic (exact) mass is 476 g/mol. The number of likely N-dealkylation sites (tertiary alicyclic amines) is 1. The van der Waals surface area contributed by atoms with Gasteiger partial charge in [-0.1, -0.05) is 43.7 Å². The molecule has 1 spiro atoms. The van der Waals surface area contributed by atoms with Crippen LogP contribution < -0.4 is 0 Å². The molecule has 0 N–H and O–H groups in total. The largest absolute Gasteiger partial charge is 0.342 e. The maximum absolute atomic E-state index is 13.2. The van der Waals surface area contributed by atoms with Crippen LogP contribution >= 0.6 is 0 Å². The third kappa shape index (κ3) is 3.65. The summed E-state index contributed by atoms with van der Waals surface area (Å²) >= 11 is 0. The number of carbonyl (C=O) groups excluding carboxylic acids is 1. The van der Waals surface area contributed by atoms with Crippen LogP contribution in [0.15, 0.2) is 35.5 Å². The topological polar surface area (TPSA) is 23.6 Å². The molecule has 0 aromatic carbocycles. The van der Waals surface area contributed by atoms with Crippen molar-refractivity contribution in [3.05, 3.63) is 35.5 Å². The Balaban J connectivity index is 1.16. The van der Waals surface area contributed by atoms with Crippen LogP contribution in [0.3, 0.4) is 0 Å². The first kappa shape index (κ1) is 24.0. The summed E-state index contributed by atoms with van der Waals surface area (Å²) in [6.07, 6.45) is 21.7. The Morgan fingerprint density at radius 3 is 2.63 bits per heavy atom. The van der Waals surface area contributed by atoms with E-state index in [0.29, 0.717) is 35.1 Å². The van der Waals surface area contributed by atoms with Crippen molar-refractivity contribution < 1.29 is 4.79 Å². The Morgan fingerprint density at radius 2 is 1.86 bits per heavy atom. The highest BCUT2D eigenvalue weighted by atomic mass is 16.2. The fraction of sp³-hybridized carbons (Fsp3) is 0.781. The van der Waals surface area contributed by atoms with Crippen LogP contribution in [0.25, 0.3) is 0 Å². The van der Waals surface area contributed by atoms with Crippen molar-refractivity contribution in [2.24, 2.45) is 40.4 Å². The molecule has 1 saturated heterocycles. The Bertz CT molecular complexity index is 963. The molecule has 4 fully saturated rings. The van der Waals surface area contributed by atoms with Gasteiger partial charge in [0.2, 0.25) is 5.91 Å². The van der Waals surface area contributed by atoms with E-state index >= 15 is 0 Å². The molecule has 1 amide bonds. The first-order valence-electron chi connectivity index (χ1n) is 14.8. The average Bonchev–Trinajstić information content (AvgIpc) is 3.33. The molecule has 0 radical (unpaired) electrons. The molecule has 0 aromatic rings. The van der Waals surface area contributed by atoms with Crippen LogP contribution in [0.5, 0.6) is 0 Å². The van der Waals surface area contributed by atoms with Crippen LogP contribution in [0.1, 0.15) is 85.0 Å². The molecule has 0 aromatic heterocycles. The van der Waals surface area contributed by atoms with Crippen molar-refractivity contribution in [1.82, 2.24) is 9.80 Å². The molecular formula is C32H48N2O. The minimum Gasteiger partial charge on any atom is -0.342 e. The number of hydrogen-bond acceptors (Lipinski definition) is 2. The summed E-state index contributed by atoms with van der Waals surface area (Å²) in [4.78, 5) is 18.0. The van der Waals surface area contributed by atoms with Gasteiger partial charge < -0.3 is 9.80 Å². The normalized spacial score (nSPS) is 46.7. The smallest absolute Gasteiger partial charge is 0.226 e. The van der Waals surface area contributed by atoms with Crippen molar-refractivity contribution in [1.29, 1.82) is 0 Å². The lowest BCUT2D eigenvalue weighted by Gasteiger charge is -2.58. The van der Waals surface area contributed by atoms with Crippen molar-refractivity contribution in [3.63, 3.8) is 0 Å². The Labute approximate surface area is 214 Å². The van der Waals surface area contributed by atoms with E-state index in [1.54, 1.807) is 5.57 Å². The molecule has 3 heteroatoms. The van der Waals surface area contributed by atoms with Gasteiger partial charge in [0.05, 0.1) is 6.42 Å². The SMILES string of the molecule is CC1C=CC(CC(=O)N(C)[C@H]2CC[C@@]3(C)C(=CC[C@@H]4C3CC[C@]35CN(C)[C@@H](C)[C@H]3CC[C@@H]45)C2)=CC1. The zero-order valence-corrected chi connectivity index (χ0v) is 22.9. The van der Waals surface area contributed by atoms with Crippen LogP contribution in [0, 0.1) is 40.4 Å². The lowest BCUT2D eigenvalue weighted by atomic mass is 9.47. The van der Waals surface area contributed by atoms with E-state index in [1.807, 2.05) is 0 Å². The Hall–Kier alpha value is -1.35. The molecule has 0 bridgehead atoms. The summed E-state index contributed by atoms with van der Waals surface area (Å²) in [5.74, 6) is 4.53. The highest BCUT2D eigenvalue weighted by Gasteiger charge is 2.64. The van der Waals surface area contributed by atoms with Gasteiger partial charge in [0.25, 0.3) is 0 Å². The predicted molar refractivity (Wildman–Crippen MR) is 144 cm³/mol. The fourth-order valence-electron chi connectivity index (χ4n) is 10.2. The second kappa shape index (κ2) is 8.61. The summed E-state index contributed by atoms with van der Waals surface area (Å²) in [6.45, 7) is 8.69. The van der Waals surface area contributed by atoms with Crippen LogP contribution in [-0.4, -0.2) is 48.4 Å². The summed E-state index contributed by atoms with van der Waals surface area (Å²) in [5.41, 5.74) is 3.88. The Kier molecular flexibility index (Phi) is 5.90.